The minimum absolute atomic E-state index is 0.150. The molecular weight excluding hydrogens is 300 g/mol. The van der Waals surface area contributed by atoms with Crippen LogP contribution < -0.4 is 16.4 Å². The minimum atomic E-state index is -0.576. The van der Waals surface area contributed by atoms with Gasteiger partial charge in [0.1, 0.15) is 12.3 Å². The van der Waals surface area contributed by atoms with E-state index in [0.29, 0.717) is 18.3 Å². The largest absolute Gasteiger partial charge is 0.454 e. The Morgan fingerprint density at radius 1 is 1.36 bits per heavy atom. The maximum absolute atomic E-state index is 11.0. The van der Waals surface area contributed by atoms with Gasteiger partial charge < -0.3 is 20.8 Å². The summed E-state index contributed by atoms with van der Waals surface area (Å²) in [6.07, 6.45) is 0. The molecule has 22 heavy (non-hydrogen) atoms. The summed E-state index contributed by atoms with van der Waals surface area (Å²) in [6, 6.07) is 5.36. The van der Waals surface area contributed by atoms with E-state index in [1.54, 1.807) is 23.5 Å². The van der Waals surface area contributed by atoms with Gasteiger partial charge in [-0.1, -0.05) is 0 Å². The van der Waals surface area contributed by atoms with E-state index in [1.807, 2.05) is 6.92 Å². The number of hydrogen-bond donors (Lipinski definition) is 3. The zero-order valence-corrected chi connectivity index (χ0v) is 13.5. The van der Waals surface area contributed by atoms with Crippen LogP contribution in [0.4, 0.5) is 0 Å². The minimum Gasteiger partial charge on any atom is -0.454 e. The van der Waals surface area contributed by atoms with Crippen LogP contribution in [0.1, 0.15) is 33.7 Å². The van der Waals surface area contributed by atoms with E-state index in [9.17, 15) is 4.79 Å². The number of nitrogens with zero attached hydrogens (tertiary/aromatic N) is 1. The highest BCUT2D eigenvalue weighted by atomic mass is 32.1. The van der Waals surface area contributed by atoms with Crippen LogP contribution in [0.3, 0.4) is 0 Å². The predicted octanol–water partition coefficient (Wildman–Crippen LogP) is 2.00. The Labute approximate surface area is 133 Å². The molecule has 0 aliphatic carbocycles. The Morgan fingerprint density at radius 3 is 2.77 bits per heavy atom. The molecule has 0 fully saturated rings. The molecule has 0 radical (unpaired) electrons. The number of carbonyl (C=O) groups is 1. The van der Waals surface area contributed by atoms with Gasteiger partial charge in [0, 0.05) is 11.4 Å². The lowest BCUT2D eigenvalue weighted by atomic mass is 10.3. The van der Waals surface area contributed by atoms with Crippen LogP contribution in [-0.4, -0.2) is 18.4 Å². The maximum atomic E-state index is 11.0. The van der Waals surface area contributed by atoms with Crippen LogP contribution in [0.5, 0.6) is 0 Å². The number of hydrogen-bond acceptors (Lipinski definition) is 4. The first kappa shape index (κ1) is 16.1. The molecule has 0 spiro atoms. The Balaban J connectivity index is 1.96. The number of rotatable bonds is 6. The topological polar surface area (TPSA) is 92.6 Å². The molecule has 0 aliphatic rings. The molecular formula is C15H20N4O2S. The van der Waals surface area contributed by atoms with Crippen molar-refractivity contribution >= 4 is 23.2 Å². The van der Waals surface area contributed by atoms with Crippen LogP contribution >= 0.6 is 11.3 Å². The molecule has 118 valence electrons. The number of aliphatic imine (C=N–C) groups is 1. The number of nitrogens with two attached hydrogens (primary N) is 1. The summed E-state index contributed by atoms with van der Waals surface area (Å²) in [6.45, 7) is 5.92. The Kier molecular flexibility index (Phi) is 5.60. The average Bonchev–Trinajstić information content (AvgIpc) is 3.11. The highest BCUT2D eigenvalue weighted by Gasteiger charge is 2.07. The molecule has 2 heterocycles. The molecule has 1 amide bonds. The third-order valence-corrected chi connectivity index (χ3v) is 4.05. The third kappa shape index (κ3) is 4.36. The second-order valence-corrected chi connectivity index (χ2v) is 5.71. The molecule has 0 aliphatic heterocycles. The number of furan rings is 1. The van der Waals surface area contributed by atoms with E-state index in [-0.39, 0.29) is 5.76 Å². The molecule has 4 N–H and O–H groups in total. The summed E-state index contributed by atoms with van der Waals surface area (Å²) < 4.78 is 5.31. The van der Waals surface area contributed by atoms with Crippen molar-refractivity contribution in [1.29, 1.82) is 0 Å². The fourth-order valence-electron chi connectivity index (χ4n) is 1.84. The van der Waals surface area contributed by atoms with Crippen LogP contribution in [0, 0.1) is 6.92 Å². The van der Waals surface area contributed by atoms with E-state index < -0.39 is 5.91 Å². The van der Waals surface area contributed by atoms with E-state index >= 15 is 0 Å². The molecule has 0 bridgehead atoms. The van der Waals surface area contributed by atoms with Crippen molar-refractivity contribution in [3.63, 3.8) is 0 Å². The quantitative estimate of drug-likeness (QED) is 0.561. The van der Waals surface area contributed by atoms with Crippen molar-refractivity contribution in [3.05, 3.63) is 45.5 Å². The summed E-state index contributed by atoms with van der Waals surface area (Å²) in [4.78, 5) is 16.7. The molecule has 2 aromatic rings. The molecule has 6 nitrogen and oxygen atoms in total. The lowest BCUT2D eigenvalue weighted by Crippen LogP contribution is -2.36. The normalized spacial score (nSPS) is 11.5. The molecule has 2 rings (SSSR count). The first-order chi connectivity index (χ1) is 10.6. The first-order valence-electron chi connectivity index (χ1n) is 7.03. The third-order valence-electron chi connectivity index (χ3n) is 3.03. The van der Waals surface area contributed by atoms with Gasteiger partial charge in [0.25, 0.3) is 5.91 Å². The fourth-order valence-corrected chi connectivity index (χ4v) is 2.69. The maximum Gasteiger partial charge on any atom is 0.284 e. The molecule has 2 aromatic heterocycles. The number of guanidine groups is 1. The lowest BCUT2D eigenvalue weighted by molar-refractivity contribution is 0.0972. The summed E-state index contributed by atoms with van der Waals surface area (Å²) in [5.41, 5.74) is 6.42. The molecule has 7 heteroatoms. The van der Waals surface area contributed by atoms with Crippen molar-refractivity contribution in [3.8, 4) is 0 Å². The van der Waals surface area contributed by atoms with Gasteiger partial charge in [-0.05, 0) is 43.0 Å². The monoisotopic (exact) mass is 320 g/mol. The van der Waals surface area contributed by atoms with Gasteiger partial charge >= 0.3 is 0 Å². The summed E-state index contributed by atoms with van der Waals surface area (Å²) in [7, 11) is 0. The number of amides is 1. The fraction of sp³-hybridized carbons (Fsp3) is 0.333. The average molecular weight is 320 g/mol. The van der Waals surface area contributed by atoms with Crippen molar-refractivity contribution in [2.45, 2.75) is 26.9 Å². The smallest absolute Gasteiger partial charge is 0.284 e. The lowest BCUT2D eigenvalue weighted by Gasteiger charge is -2.10. The molecule has 0 saturated heterocycles. The van der Waals surface area contributed by atoms with Crippen molar-refractivity contribution in [1.82, 2.24) is 10.6 Å². The SMILES string of the molecule is CCNC(=NCc1ccc(C(N)=O)o1)NCc1sccc1C. The zero-order valence-electron chi connectivity index (χ0n) is 12.7. The molecule has 0 unspecified atom stereocenters. The number of aryl methyl sites for hydroxylation is 1. The van der Waals surface area contributed by atoms with Crippen LogP contribution in [0.15, 0.2) is 33.0 Å². The number of primary amides is 1. The van der Waals surface area contributed by atoms with E-state index in [0.717, 1.165) is 13.1 Å². The van der Waals surface area contributed by atoms with Gasteiger partial charge in [-0.25, -0.2) is 4.99 Å². The number of nitrogens with one attached hydrogen (secondary N) is 2. The second-order valence-electron chi connectivity index (χ2n) is 4.71. The van der Waals surface area contributed by atoms with Crippen LogP contribution in [0.25, 0.3) is 0 Å². The summed E-state index contributed by atoms with van der Waals surface area (Å²) >= 11 is 1.72. The van der Waals surface area contributed by atoms with Crippen molar-refractivity contribution in [2.24, 2.45) is 10.7 Å². The summed E-state index contributed by atoms with van der Waals surface area (Å²) in [5, 5.41) is 8.53. The standard InChI is InChI=1S/C15H20N4O2S/c1-3-17-15(19-9-13-10(2)6-7-22-13)18-8-11-4-5-12(21-11)14(16)20/h4-7H,3,8-9H2,1-2H3,(H2,16,20)(H2,17,18,19). The predicted molar refractivity (Wildman–Crippen MR) is 87.9 cm³/mol. The van der Waals surface area contributed by atoms with E-state index in [4.69, 9.17) is 10.2 Å². The molecule has 0 aromatic carbocycles. The molecule has 0 saturated carbocycles. The van der Waals surface area contributed by atoms with Crippen LogP contribution in [-0.2, 0) is 13.1 Å². The van der Waals surface area contributed by atoms with Gasteiger partial charge in [0.2, 0.25) is 0 Å². The highest BCUT2D eigenvalue weighted by Crippen LogP contribution is 2.14. The number of thiophene rings is 1. The summed E-state index contributed by atoms with van der Waals surface area (Å²) in [5.74, 6) is 0.872. The Morgan fingerprint density at radius 2 is 2.18 bits per heavy atom. The zero-order chi connectivity index (χ0) is 15.9. The highest BCUT2D eigenvalue weighted by molar-refractivity contribution is 7.10. The van der Waals surface area contributed by atoms with Gasteiger partial charge in [0.05, 0.1) is 6.54 Å². The first-order valence-corrected chi connectivity index (χ1v) is 7.91. The van der Waals surface area contributed by atoms with E-state index in [2.05, 4.69) is 34.0 Å². The number of carbonyl (C=O) groups excluding carboxylic acids is 1. The van der Waals surface area contributed by atoms with Gasteiger partial charge in [0.15, 0.2) is 11.7 Å². The van der Waals surface area contributed by atoms with Gasteiger partial charge in [-0.2, -0.15) is 0 Å². The molecule has 0 atom stereocenters. The Hall–Kier alpha value is -2.28. The second kappa shape index (κ2) is 7.65. The van der Waals surface area contributed by atoms with Gasteiger partial charge in [-0.15, -0.1) is 11.3 Å². The van der Waals surface area contributed by atoms with E-state index in [1.165, 1.54) is 10.4 Å². The van der Waals surface area contributed by atoms with Crippen molar-refractivity contribution < 1.29 is 9.21 Å². The van der Waals surface area contributed by atoms with Gasteiger partial charge in [-0.3, -0.25) is 4.79 Å². The Bertz CT molecular complexity index is 660. The van der Waals surface area contributed by atoms with Crippen molar-refractivity contribution in [2.75, 3.05) is 6.54 Å². The van der Waals surface area contributed by atoms with Crippen LogP contribution in [0.2, 0.25) is 0 Å².